The molecule has 1 aliphatic heterocycles. The minimum absolute atomic E-state index is 0.129. The van der Waals surface area contributed by atoms with Crippen molar-refractivity contribution in [3.63, 3.8) is 0 Å². The van der Waals surface area contributed by atoms with Gasteiger partial charge in [-0.3, -0.25) is 9.36 Å². The van der Waals surface area contributed by atoms with E-state index in [1.54, 1.807) is 63.2 Å². The molecule has 1 aromatic heterocycles. The number of nitrogens with zero attached hydrogens (tertiary/aromatic N) is 2. The van der Waals surface area contributed by atoms with Gasteiger partial charge in [0, 0.05) is 16.1 Å². The fourth-order valence-electron chi connectivity index (χ4n) is 5.25. The molecule has 49 heavy (non-hydrogen) atoms. The lowest BCUT2D eigenvalue weighted by Crippen LogP contribution is -2.40. The van der Waals surface area contributed by atoms with E-state index in [0.29, 0.717) is 60.8 Å². The Morgan fingerprint density at radius 1 is 0.959 bits per heavy atom. The predicted molar refractivity (Wildman–Crippen MR) is 184 cm³/mol. The van der Waals surface area contributed by atoms with Crippen LogP contribution in [0, 0.1) is 0 Å². The number of para-hydroxylation sites is 1. The highest BCUT2D eigenvalue weighted by Gasteiger charge is 2.34. The van der Waals surface area contributed by atoms with Crippen molar-refractivity contribution in [3.05, 3.63) is 113 Å². The monoisotopic (exact) mass is 706 g/mol. The number of rotatable bonds is 13. The second kappa shape index (κ2) is 15.9. The lowest BCUT2D eigenvalue weighted by atomic mass is 9.95. The maximum Gasteiger partial charge on any atom is 0.343 e. The molecule has 256 valence electrons. The predicted octanol–water partition coefficient (Wildman–Crippen LogP) is 4.99. The smallest absolute Gasteiger partial charge is 0.343 e. The Hall–Kier alpha value is -5.07. The van der Waals surface area contributed by atoms with Gasteiger partial charge in [0.05, 0.1) is 49.3 Å². The van der Waals surface area contributed by atoms with E-state index >= 15 is 0 Å². The summed E-state index contributed by atoms with van der Waals surface area (Å²) in [6, 6.07) is 16.8. The number of benzene rings is 3. The normalized spacial score (nSPS) is 14.1. The van der Waals surface area contributed by atoms with Crippen molar-refractivity contribution >= 4 is 41.0 Å². The van der Waals surface area contributed by atoms with Gasteiger partial charge in [-0.2, -0.15) is 0 Å². The van der Waals surface area contributed by atoms with Crippen LogP contribution < -0.4 is 33.8 Å². The molecule has 11 nitrogen and oxygen atoms in total. The molecule has 0 saturated carbocycles. The number of carbonyl (C=O) groups excluding carboxylic acids is 2. The lowest BCUT2D eigenvalue weighted by Gasteiger charge is -2.25. The number of allylic oxidation sites excluding steroid dienone is 1. The summed E-state index contributed by atoms with van der Waals surface area (Å²) in [5, 5.41) is 0.565. The molecule has 0 unspecified atom stereocenters. The highest BCUT2D eigenvalue weighted by atomic mass is 35.5. The summed E-state index contributed by atoms with van der Waals surface area (Å²) in [4.78, 5) is 44.5. The van der Waals surface area contributed by atoms with Crippen LogP contribution in [-0.2, 0) is 25.7 Å². The largest absolute Gasteiger partial charge is 0.493 e. The van der Waals surface area contributed by atoms with Gasteiger partial charge in [0.25, 0.3) is 5.56 Å². The number of fused-ring (bicyclic) bond motifs is 1. The maximum atomic E-state index is 14.3. The number of carbonyl (C=O) groups is 2. The first-order valence-corrected chi connectivity index (χ1v) is 16.6. The second-order valence-electron chi connectivity index (χ2n) is 10.6. The van der Waals surface area contributed by atoms with Crippen LogP contribution >= 0.6 is 22.9 Å². The molecule has 0 aliphatic carbocycles. The van der Waals surface area contributed by atoms with Gasteiger partial charge in [-0.1, -0.05) is 59.3 Å². The van der Waals surface area contributed by atoms with Gasteiger partial charge in [-0.05, 0) is 56.7 Å². The fraction of sp³-hybridized carbons (Fsp3) is 0.278. The second-order valence-corrected chi connectivity index (χ2v) is 12.0. The van der Waals surface area contributed by atoms with E-state index in [1.807, 2.05) is 24.3 Å². The summed E-state index contributed by atoms with van der Waals surface area (Å²) >= 11 is 7.54. The van der Waals surface area contributed by atoms with Crippen molar-refractivity contribution in [2.45, 2.75) is 33.4 Å². The zero-order chi connectivity index (χ0) is 35.1. The molecule has 0 radical (unpaired) electrons. The van der Waals surface area contributed by atoms with Gasteiger partial charge in [-0.15, -0.1) is 0 Å². The van der Waals surface area contributed by atoms with Gasteiger partial charge >= 0.3 is 11.9 Å². The van der Waals surface area contributed by atoms with Crippen LogP contribution in [0.25, 0.3) is 6.08 Å². The Morgan fingerprint density at radius 2 is 1.76 bits per heavy atom. The Labute approximate surface area is 291 Å². The third-order valence-electron chi connectivity index (χ3n) is 7.52. The fourth-order valence-corrected chi connectivity index (χ4v) is 6.48. The van der Waals surface area contributed by atoms with Crippen LogP contribution in [0.5, 0.6) is 23.0 Å². The Morgan fingerprint density at radius 3 is 2.47 bits per heavy atom. The number of methoxy groups -OCH3 is 2. The zero-order valence-corrected chi connectivity index (χ0v) is 29.2. The van der Waals surface area contributed by atoms with Crippen molar-refractivity contribution in [3.8, 4) is 23.0 Å². The topological polar surface area (TPSA) is 124 Å². The first-order valence-electron chi connectivity index (χ1n) is 15.4. The first-order chi connectivity index (χ1) is 23.7. The quantitative estimate of drug-likeness (QED) is 0.177. The van der Waals surface area contributed by atoms with Gasteiger partial charge in [0.15, 0.2) is 34.4 Å². The number of hydrogen-bond acceptors (Lipinski definition) is 11. The average Bonchev–Trinajstić information content (AvgIpc) is 3.40. The van der Waals surface area contributed by atoms with Crippen molar-refractivity contribution in [2.75, 3.05) is 34.0 Å². The molecule has 0 saturated heterocycles. The molecule has 2 heterocycles. The summed E-state index contributed by atoms with van der Waals surface area (Å²) in [6.45, 7) is 5.48. The summed E-state index contributed by atoms with van der Waals surface area (Å²) in [5.41, 5.74) is 2.16. The molecule has 0 fully saturated rings. The highest BCUT2D eigenvalue weighted by molar-refractivity contribution is 7.07. The number of hydrogen-bond donors (Lipinski definition) is 0. The first kappa shape index (κ1) is 35.2. The SMILES string of the molecule is CCOC(=O)C1=C(C)N=c2s/c(=C/c3cccc(OC)c3OCc3ccccc3Cl)c(=O)n2[C@H]1c1ccc(OCC(=O)OC)c(OCC)c1. The van der Waals surface area contributed by atoms with E-state index in [1.165, 1.54) is 30.1 Å². The Bertz CT molecular complexity index is 2090. The molecule has 0 spiro atoms. The van der Waals surface area contributed by atoms with Gasteiger partial charge in [0.2, 0.25) is 0 Å². The van der Waals surface area contributed by atoms with Crippen LogP contribution in [-0.4, -0.2) is 50.5 Å². The molecule has 1 atom stereocenters. The number of halogens is 1. The molecule has 3 aromatic carbocycles. The minimum atomic E-state index is -0.910. The molecule has 1 aliphatic rings. The zero-order valence-electron chi connectivity index (χ0n) is 27.6. The maximum absolute atomic E-state index is 14.3. The average molecular weight is 707 g/mol. The van der Waals surface area contributed by atoms with Crippen molar-refractivity contribution in [1.82, 2.24) is 4.57 Å². The van der Waals surface area contributed by atoms with Crippen molar-refractivity contribution in [2.24, 2.45) is 4.99 Å². The standard InChI is InChI=1S/C36H35ClN2O9S/c1-6-45-28-17-22(15-16-26(28)47-20-30(40)44-5)32-31(35(42)46-7-2)21(3)38-36-39(32)34(41)29(49-36)18-23-12-10-14-27(43-4)33(23)48-19-24-11-8-9-13-25(24)37/h8-18,32H,6-7,19-20H2,1-5H3/b29-18+/t32-/m0/s1. The molecular formula is C36H35ClN2O9S. The van der Waals surface area contributed by atoms with Gasteiger partial charge in [-0.25, -0.2) is 14.6 Å². The van der Waals surface area contributed by atoms with Crippen LogP contribution in [0.1, 0.15) is 43.5 Å². The molecule has 0 bridgehead atoms. The van der Waals surface area contributed by atoms with E-state index in [9.17, 15) is 14.4 Å². The van der Waals surface area contributed by atoms with E-state index in [2.05, 4.69) is 9.73 Å². The summed E-state index contributed by atoms with van der Waals surface area (Å²) in [5.74, 6) is 0.361. The van der Waals surface area contributed by atoms with Crippen LogP contribution in [0.3, 0.4) is 0 Å². The third kappa shape index (κ3) is 7.65. The van der Waals surface area contributed by atoms with E-state index in [-0.39, 0.29) is 31.0 Å². The number of aromatic nitrogens is 1. The van der Waals surface area contributed by atoms with E-state index in [4.69, 9.17) is 35.3 Å². The Balaban J connectivity index is 1.64. The van der Waals surface area contributed by atoms with Gasteiger partial charge in [0.1, 0.15) is 6.61 Å². The number of ether oxygens (including phenoxy) is 6. The molecule has 0 N–H and O–H groups in total. The van der Waals surface area contributed by atoms with Crippen molar-refractivity contribution < 1.29 is 38.0 Å². The summed E-state index contributed by atoms with van der Waals surface area (Å²) < 4.78 is 35.3. The summed E-state index contributed by atoms with van der Waals surface area (Å²) in [7, 11) is 2.81. The van der Waals surface area contributed by atoms with E-state index < -0.39 is 18.0 Å². The molecule has 4 aromatic rings. The number of thiazole rings is 1. The van der Waals surface area contributed by atoms with Crippen LogP contribution in [0.2, 0.25) is 5.02 Å². The van der Waals surface area contributed by atoms with Crippen LogP contribution in [0.4, 0.5) is 0 Å². The van der Waals surface area contributed by atoms with E-state index in [0.717, 1.165) is 5.56 Å². The van der Waals surface area contributed by atoms with Gasteiger partial charge < -0.3 is 28.4 Å². The number of esters is 2. The molecule has 5 rings (SSSR count). The minimum Gasteiger partial charge on any atom is -0.493 e. The third-order valence-corrected chi connectivity index (χ3v) is 8.87. The Kier molecular flexibility index (Phi) is 11.4. The molecular weight excluding hydrogens is 672 g/mol. The molecule has 13 heteroatoms. The highest BCUT2D eigenvalue weighted by Crippen LogP contribution is 2.37. The van der Waals surface area contributed by atoms with Crippen molar-refractivity contribution in [1.29, 1.82) is 0 Å². The summed E-state index contributed by atoms with van der Waals surface area (Å²) in [6.07, 6.45) is 1.71. The lowest BCUT2D eigenvalue weighted by molar-refractivity contribution is -0.143. The van der Waals surface area contributed by atoms with Crippen LogP contribution in [0.15, 0.2) is 81.7 Å². The molecule has 0 amide bonds.